The van der Waals surface area contributed by atoms with Crippen molar-refractivity contribution in [2.45, 2.75) is 6.92 Å². The molecule has 0 saturated carbocycles. The fourth-order valence-corrected chi connectivity index (χ4v) is 3.12. The van der Waals surface area contributed by atoms with Crippen molar-refractivity contribution in [1.29, 1.82) is 0 Å². The Hall–Kier alpha value is -1.27. The molecule has 0 radical (unpaired) electrons. The molecular weight excluding hydrogens is 290 g/mol. The molecule has 19 heavy (non-hydrogen) atoms. The first kappa shape index (κ1) is 15.8. The minimum absolute atomic E-state index is 0.0464. The number of esters is 1. The Kier molecular flexibility index (Phi) is 5.62. The molecule has 1 N–H and O–H groups in total. The Morgan fingerprint density at radius 2 is 1.95 bits per heavy atom. The van der Waals surface area contributed by atoms with Crippen LogP contribution in [0.3, 0.4) is 0 Å². The number of ether oxygens (including phenoxy) is 1. The van der Waals surface area contributed by atoms with Gasteiger partial charge in [-0.2, -0.15) is 0 Å². The fraction of sp³-hybridized carbons (Fsp3) is 0.417. The predicted molar refractivity (Wildman–Crippen MR) is 75.1 cm³/mol. The Morgan fingerprint density at radius 3 is 2.42 bits per heavy atom. The molecule has 0 bridgehead atoms. The van der Waals surface area contributed by atoms with Crippen LogP contribution in [-0.2, 0) is 14.8 Å². The molecule has 1 unspecified atom stereocenters. The second-order valence-electron chi connectivity index (χ2n) is 4.21. The molecule has 7 heteroatoms. The largest absolute Gasteiger partial charge is 0.465 e. The van der Waals surface area contributed by atoms with Crippen molar-refractivity contribution in [3.8, 4) is 0 Å². The monoisotopic (exact) mass is 305 g/mol. The smallest absolute Gasteiger partial charge is 0.337 e. The zero-order chi connectivity index (χ0) is 14.5. The molecule has 1 aromatic rings. The summed E-state index contributed by atoms with van der Waals surface area (Å²) in [6.45, 7) is 1.76. The van der Waals surface area contributed by atoms with Gasteiger partial charge in [0, 0.05) is 11.6 Å². The van der Waals surface area contributed by atoms with E-state index in [2.05, 4.69) is 9.46 Å². The highest BCUT2D eigenvalue weighted by Gasteiger charge is 2.15. The van der Waals surface area contributed by atoms with Gasteiger partial charge >= 0.3 is 5.97 Å². The van der Waals surface area contributed by atoms with E-state index < -0.39 is 16.0 Å². The van der Waals surface area contributed by atoms with Gasteiger partial charge in [0.05, 0.1) is 18.4 Å². The summed E-state index contributed by atoms with van der Waals surface area (Å²) in [7, 11) is -2.15. The van der Waals surface area contributed by atoms with Crippen molar-refractivity contribution in [3.63, 3.8) is 0 Å². The van der Waals surface area contributed by atoms with E-state index >= 15 is 0 Å². The van der Waals surface area contributed by atoms with E-state index in [9.17, 15) is 13.2 Å². The summed E-state index contributed by atoms with van der Waals surface area (Å²) < 4.78 is 30.5. The third-order valence-electron chi connectivity index (χ3n) is 2.35. The quantitative estimate of drug-likeness (QED) is 0.645. The van der Waals surface area contributed by atoms with Crippen LogP contribution in [0.25, 0.3) is 0 Å². The number of carbonyl (C=O) groups is 1. The number of alkyl halides is 1. The van der Waals surface area contributed by atoms with Gasteiger partial charge in [0.2, 0.25) is 10.0 Å². The molecule has 0 aliphatic rings. The summed E-state index contributed by atoms with van der Waals surface area (Å²) in [6.07, 6.45) is 0. The number of hydrogen-bond donors (Lipinski definition) is 1. The maximum Gasteiger partial charge on any atom is 0.337 e. The molecule has 106 valence electrons. The first-order valence-corrected chi connectivity index (χ1v) is 7.81. The normalized spacial score (nSPS) is 12.8. The van der Waals surface area contributed by atoms with Crippen LogP contribution in [0, 0.1) is 5.92 Å². The van der Waals surface area contributed by atoms with Crippen molar-refractivity contribution >= 4 is 33.3 Å². The number of rotatable bonds is 6. The molecule has 0 spiro atoms. The van der Waals surface area contributed by atoms with Gasteiger partial charge in [0.15, 0.2) is 0 Å². The minimum atomic E-state index is -3.44. The third-order valence-corrected chi connectivity index (χ3v) is 4.43. The summed E-state index contributed by atoms with van der Waals surface area (Å²) in [4.78, 5) is 11.2. The number of hydrogen-bond acceptors (Lipinski definition) is 4. The van der Waals surface area contributed by atoms with Crippen LogP contribution >= 0.6 is 11.6 Å². The summed E-state index contributed by atoms with van der Waals surface area (Å²) in [6, 6.07) is 6.01. The van der Waals surface area contributed by atoms with Gasteiger partial charge in [0.1, 0.15) is 0 Å². The van der Waals surface area contributed by atoms with Crippen molar-refractivity contribution in [2.24, 2.45) is 5.92 Å². The second-order valence-corrected chi connectivity index (χ2v) is 6.29. The van der Waals surface area contributed by atoms with E-state index in [0.717, 1.165) is 0 Å². The van der Waals surface area contributed by atoms with E-state index in [0.29, 0.717) is 11.3 Å². The SMILES string of the molecule is COC(=O)c1ccc(NS(=O)(=O)CC(C)CCl)cc1. The van der Waals surface area contributed by atoms with Gasteiger partial charge in [-0.15, -0.1) is 11.6 Å². The predicted octanol–water partition coefficient (Wildman–Crippen LogP) is 2.09. The minimum Gasteiger partial charge on any atom is -0.465 e. The van der Waals surface area contributed by atoms with Crippen LogP contribution in [0.1, 0.15) is 17.3 Å². The van der Waals surface area contributed by atoms with E-state index in [-0.39, 0.29) is 17.6 Å². The van der Waals surface area contributed by atoms with Gasteiger partial charge in [-0.25, -0.2) is 13.2 Å². The van der Waals surface area contributed by atoms with Crippen molar-refractivity contribution in [2.75, 3.05) is 23.5 Å². The summed E-state index contributed by atoms with van der Waals surface area (Å²) in [5.74, 6) is -0.365. The van der Waals surface area contributed by atoms with Gasteiger partial charge < -0.3 is 4.74 Å². The Bertz CT molecular complexity index is 527. The first-order valence-electron chi connectivity index (χ1n) is 5.63. The lowest BCUT2D eigenvalue weighted by atomic mass is 10.2. The van der Waals surface area contributed by atoms with Crippen LogP contribution < -0.4 is 4.72 Å². The summed E-state index contributed by atoms with van der Waals surface area (Å²) >= 11 is 5.59. The lowest BCUT2D eigenvalue weighted by Gasteiger charge is -2.11. The molecule has 1 rings (SSSR count). The highest BCUT2D eigenvalue weighted by molar-refractivity contribution is 7.92. The molecule has 1 aromatic carbocycles. The molecule has 0 aliphatic carbocycles. The molecule has 0 amide bonds. The third kappa shape index (κ3) is 5.08. The molecule has 0 fully saturated rings. The zero-order valence-electron chi connectivity index (χ0n) is 10.7. The molecule has 0 aromatic heterocycles. The lowest BCUT2D eigenvalue weighted by molar-refractivity contribution is 0.0601. The molecule has 0 aliphatic heterocycles. The fourth-order valence-electron chi connectivity index (χ4n) is 1.43. The Balaban J connectivity index is 2.75. The van der Waals surface area contributed by atoms with Crippen molar-refractivity contribution < 1.29 is 17.9 Å². The number of benzene rings is 1. The standard InChI is InChI=1S/C12H16ClNO4S/c1-9(7-13)8-19(16,17)14-11-5-3-10(4-6-11)12(15)18-2/h3-6,9,14H,7-8H2,1-2H3. The maximum absolute atomic E-state index is 11.8. The highest BCUT2D eigenvalue weighted by atomic mass is 35.5. The molecular formula is C12H16ClNO4S. The van der Waals surface area contributed by atoms with Crippen LogP contribution in [0.4, 0.5) is 5.69 Å². The Labute approximate surface area is 118 Å². The second kappa shape index (κ2) is 6.77. The average molecular weight is 306 g/mol. The number of carbonyl (C=O) groups excluding carboxylic acids is 1. The Morgan fingerprint density at radius 1 is 1.37 bits per heavy atom. The van der Waals surface area contributed by atoms with Crippen LogP contribution in [0.2, 0.25) is 0 Å². The molecule has 0 heterocycles. The van der Waals surface area contributed by atoms with Gasteiger partial charge in [-0.05, 0) is 30.2 Å². The zero-order valence-corrected chi connectivity index (χ0v) is 12.3. The van der Waals surface area contributed by atoms with Crippen molar-refractivity contribution in [3.05, 3.63) is 29.8 Å². The number of methoxy groups -OCH3 is 1. The average Bonchev–Trinajstić information content (AvgIpc) is 2.37. The summed E-state index contributed by atoms with van der Waals surface area (Å²) in [5.41, 5.74) is 0.758. The highest BCUT2D eigenvalue weighted by Crippen LogP contribution is 2.13. The number of sulfonamides is 1. The van der Waals surface area contributed by atoms with Crippen molar-refractivity contribution in [1.82, 2.24) is 0 Å². The van der Waals surface area contributed by atoms with E-state index in [1.807, 2.05) is 0 Å². The molecule has 5 nitrogen and oxygen atoms in total. The number of nitrogens with one attached hydrogen (secondary N) is 1. The van der Waals surface area contributed by atoms with E-state index in [4.69, 9.17) is 11.6 Å². The van der Waals surface area contributed by atoms with Gasteiger partial charge in [-0.3, -0.25) is 4.72 Å². The first-order chi connectivity index (χ1) is 8.88. The summed E-state index contributed by atoms with van der Waals surface area (Å²) in [5, 5.41) is 0. The van der Waals surface area contributed by atoms with Gasteiger partial charge in [-0.1, -0.05) is 6.92 Å². The van der Waals surface area contributed by atoms with E-state index in [1.165, 1.54) is 31.4 Å². The van der Waals surface area contributed by atoms with Crippen LogP contribution in [-0.4, -0.2) is 33.1 Å². The molecule has 0 saturated heterocycles. The topological polar surface area (TPSA) is 72.5 Å². The van der Waals surface area contributed by atoms with Crippen LogP contribution in [0.5, 0.6) is 0 Å². The van der Waals surface area contributed by atoms with Gasteiger partial charge in [0.25, 0.3) is 0 Å². The maximum atomic E-state index is 11.8. The van der Waals surface area contributed by atoms with E-state index in [1.54, 1.807) is 6.92 Å². The lowest BCUT2D eigenvalue weighted by Crippen LogP contribution is -2.22. The number of anilines is 1. The van der Waals surface area contributed by atoms with Crippen LogP contribution in [0.15, 0.2) is 24.3 Å². The molecule has 1 atom stereocenters. The number of halogens is 1.